The third-order valence-corrected chi connectivity index (χ3v) is 4.93. The first kappa shape index (κ1) is 13.1. The maximum absolute atomic E-state index is 3.92. The predicted octanol–water partition coefficient (Wildman–Crippen LogP) is 3.39. The summed E-state index contributed by atoms with van der Waals surface area (Å²) in [6.07, 6.45) is 6.90. The molecule has 1 aliphatic carbocycles. The highest BCUT2D eigenvalue weighted by molar-refractivity contribution is 5.31. The zero-order valence-corrected chi connectivity index (χ0v) is 12.0. The molecule has 2 heteroatoms. The molecular formula is C17H26N2. The zero-order valence-electron chi connectivity index (χ0n) is 12.0. The van der Waals surface area contributed by atoms with E-state index in [0.29, 0.717) is 12.1 Å². The average Bonchev–Trinajstić information content (AvgIpc) is 2.90. The molecule has 0 spiro atoms. The van der Waals surface area contributed by atoms with Crippen LogP contribution in [-0.2, 0) is 6.54 Å². The van der Waals surface area contributed by atoms with Gasteiger partial charge in [0.05, 0.1) is 0 Å². The van der Waals surface area contributed by atoms with Gasteiger partial charge in [-0.1, -0.05) is 37.1 Å². The summed E-state index contributed by atoms with van der Waals surface area (Å²) in [5.41, 5.74) is 2.98. The molecule has 1 aliphatic heterocycles. The standard InChI is InChI=1S/C17H26N2/c1-13(14-6-2-3-7-14)19-17-10-11-18-12-15-8-4-5-9-16(15)17/h4-5,8-9,13-14,17-19H,2-3,6-7,10-12H2,1H3. The van der Waals surface area contributed by atoms with Crippen molar-refractivity contribution >= 4 is 0 Å². The Morgan fingerprint density at radius 2 is 1.95 bits per heavy atom. The van der Waals surface area contributed by atoms with Crippen LogP contribution in [0.3, 0.4) is 0 Å². The molecule has 0 saturated heterocycles. The van der Waals surface area contributed by atoms with Gasteiger partial charge in [0.25, 0.3) is 0 Å². The maximum atomic E-state index is 3.92. The molecule has 0 aromatic heterocycles. The van der Waals surface area contributed by atoms with Gasteiger partial charge in [0.2, 0.25) is 0 Å². The van der Waals surface area contributed by atoms with E-state index in [4.69, 9.17) is 0 Å². The van der Waals surface area contributed by atoms with Crippen LogP contribution in [0.4, 0.5) is 0 Å². The fourth-order valence-electron chi connectivity index (χ4n) is 3.74. The van der Waals surface area contributed by atoms with E-state index in [9.17, 15) is 0 Å². The van der Waals surface area contributed by atoms with Gasteiger partial charge < -0.3 is 10.6 Å². The van der Waals surface area contributed by atoms with E-state index < -0.39 is 0 Å². The van der Waals surface area contributed by atoms with E-state index in [0.717, 1.165) is 19.0 Å². The summed E-state index contributed by atoms with van der Waals surface area (Å²) in [6, 6.07) is 10.1. The van der Waals surface area contributed by atoms with Gasteiger partial charge in [-0.2, -0.15) is 0 Å². The number of rotatable bonds is 3. The van der Waals surface area contributed by atoms with E-state index in [1.165, 1.54) is 43.2 Å². The van der Waals surface area contributed by atoms with Gasteiger partial charge in [-0.3, -0.25) is 0 Å². The van der Waals surface area contributed by atoms with Gasteiger partial charge >= 0.3 is 0 Å². The Hall–Kier alpha value is -0.860. The largest absolute Gasteiger partial charge is 0.313 e. The van der Waals surface area contributed by atoms with Crippen LogP contribution in [0.25, 0.3) is 0 Å². The van der Waals surface area contributed by atoms with Crippen LogP contribution in [0.5, 0.6) is 0 Å². The number of benzene rings is 1. The first-order valence-corrected chi connectivity index (χ1v) is 7.89. The van der Waals surface area contributed by atoms with Crippen molar-refractivity contribution in [2.75, 3.05) is 6.54 Å². The molecule has 2 aliphatic rings. The molecule has 2 unspecified atom stereocenters. The van der Waals surface area contributed by atoms with Gasteiger partial charge in [0.15, 0.2) is 0 Å². The normalized spacial score (nSPS) is 25.8. The highest BCUT2D eigenvalue weighted by atomic mass is 15.0. The van der Waals surface area contributed by atoms with Crippen molar-refractivity contribution in [2.45, 2.75) is 57.7 Å². The second kappa shape index (κ2) is 6.06. The van der Waals surface area contributed by atoms with Gasteiger partial charge in [0, 0.05) is 18.6 Å². The zero-order chi connectivity index (χ0) is 13.1. The summed E-state index contributed by atoms with van der Waals surface area (Å²) in [6.45, 7) is 4.52. The fraction of sp³-hybridized carbons (Fsp3) is 0.647. The van der Waals surface area contributed by atoms with Crippen LogP contribution in [0.2, 0.25) is 0 Å². The van der Waals surface area contributed by atoms with Crippen LogP contribution >= 0.6 is 0 Å². The summed E-state index contributed by atoms with van der Waals surface area (Å²) in [7, 11) is 0. The molecule has 1 aromatic rings. The Morgan fingerprint density at radius 3 is 2.79 bits per heavy atom. The molecule has 1 aromatic carbocycles. The van der Waals surface area contributed by atoms with Gasteiger partial charge in [0.1, 0.15) is 0 Å². The third-order valence-electron chi connectivity index (χ3n) is 4.93. The summed E-state index contributed by atoms with van der Waals surface area (Å²) in [5.74, 6) is 0.892. The molecule has 0 amide bonds. The van der Waals surface area contributed by atoms with Crippen LogP contribution in [0.15, 0.2) is 24.3 Å². The van der Waals surface area contributed by atoms with Crippen LogP contribution in [-0.4, -0.2) is 12.6 Å². The molecule has 1 fully saturated rings. The minimum Gasteiger partial charge on any atom is -0.313 e. The van der Waals surface area contributed by atoms with Crippen LogP contribution in [0, 0.1) is 5.92 Å². The molecular weight excluding hydrogens is 232 g/mol. The second-order valence-corrected chi connectivity index (χ2v) is 6.22. The third kappa shape index (κ3) is 3.01. The fourth-order valence-corrected chi connectivity index (χ4v) is 3.74. The molecule has 3 rings (SSSR count). The monoisotopic (exact) mass is 258 g/mol. The minimum absolute atomic E-state index is 0.529. The molecule has 0 radical (unpaired) electrons. The Kier molecular flexibility index (Phi) is 4.19. The number of fused-ring (bicyclic) bond motifs is 1. The maximum Gasteiger partial charge on any atom is 0.0337 e. The molecule has 1 saturated carbocycles. The quantitative estimate of drug-likeness (QED) is 0.868. The summed E-state index contributed by atoms with van der Waals surface area (Å²) in [5, 5.41) is 7.45. The van der Waals surface area contributed by atoms with Gasteiger partial charge in [-0.25, -0.2) is 0 Å². The van der Waals surface area contributed by atoms with Crippen molar-refractivity contribution in [3.8, 4) is 0 Å². The molecule has 0 bridgehead atoms. The lowest BCUT2D eigenvalue weighted by Gasteiger charge is -2.27. The Balaban J connectivity index is 1.72. The van der Waals surface area contributed by atoms with Gasteiger partial charge in [-0.15, -0.1) is 0 Å². The molecule has 19 heavy (non-hydrogen) atoms. The number of hydrogen-bond acceptors (Lipinski definition) is 2. The Bertz CT molecular complexity index is 409. The Morgan fingerprint density at radius 1 is 1.16 bits per heavy atom. The second-order valence-electron chi connectivity index (χ2n) is 6.22. The minimum atomic E-state index is 0.529. The average molecular weight is 258 g/mol. The van der Waals surface area contributed by atoms with Crippen molar-refractivity contribution in [2.24, 2.45) is 5.92 Å². The van der Waals surface area contributed by atoms with E-state index in [1.807, 2.05) is 0 Å². The predicted molar refractivity (Wildman–Crippen MR) is 80.1 cm³/mol. The topological polar surface area (TPSA) is 24.1 Å². The van der Waals surface area contributed by atoms with E-state index >= 15 is 0 Å². The van der Waals surface area contributed by atoms with Crippen molar-refractivity contribution in [1.29, 1.82) is 0 Å². The molecule has 2 N–H and O–H groups in total. The lowest BCUT2D eigenvalue weighted by atomic mass is 9.94. The van der Waals surface area contributed by atoms with Crippen LogP contribution < -0.4 is 10.6 Å². The van der Waals surface area contributed by atoms with Crippen molar-refractivity contribution < 1.29 is 0 Å². The van der Waals surface area contributed by atoms with Crippen molar-refractivity contribution in [3.05, 3.63) is 35.4 Å². The first-order chi connectivity index (χ1) is 9.34. The van der Waals surface area contributed by atoms with E-state index in [-0.39, 0.29) is 0 Å². The lowest BCUT2D eigenvalue weighted by Crippen LogP contribution is -2.36. The SMILES string of the molecule is CC(NC1CCNCc2ccccc21)C1CCCC1. The smallest absolute Gasteiger partial charge is 0.0337 e. The molecule has 2 nitrogen and oxygen atoms in total. The lowest BCUT2D eigenvalue weighted by molar-refractivity contribution is 0.335. The highest BCUT2D eigenvalue weighted by Gasteiger charge is 2.25. The van der Waals surface area contributed by atoms with Crippen molar-refractivity contribution in [3.63, 3.8) is 0 Å². The number of nitrogens with one attached hydrogen (secondary N) is 2. The summed E-state index contributed by atoms with van der Waals surface area (Å²) in [4.78, 5) is 0. The van der Waals surface area contributed by atoms with Crippen LogP contribution in [0.1, 0.15) is 56.2 Å². The summed E-state index contributed by atoms with van der Waals surface area (Å²) < 4.78 is 0. The molecule has 104 valence electrons. The molecule has 1 heterocycles. The highest BCUT2D eigenvalue weighted by Crippen LogP contribution is 2.30. The van der Waals surface area contributed by atoms with E-state index in [1.54, 1.807) is 0 Å². The van der Waals surface area contributed by atoms with Crippen molar-refractivity contribution in [1.82, 2.24) is 10.6 Å². The number of hydrogen-bond donors (Lipinski definition) is 2. The van der Waals surface area contributed by atoms with Gasteiger partial charge in [-0.05, 0) is 49.8 Å². The first-order valence-electron chi connectivity index (χ1n) is 7.89. The Labute approximate surface area is 117 Å². The summed E-state index contributed by atoms with van der Waals surface area (Å²) >= 11 is 0. The molecule has 2 atom stereocenters. The van der Waals surface area contributed by atoms with E-state index in [2.05, 4.69) is 41.8 Å².